The largest absolute Gasteiger partial charge is 0.301 e. The standard InChI is InChI=1S/C17H20N2O3S3/c1-25(21,22)14-7-6-13(24-14)17(10-12(17)11-4-2-3-5-11)15(20)19-16-18-8-9-23-16/h6-9,11-12H,2-5,10H2,1H3,(H,18,19,20)/t12-,17+/m0/s1. The van der Waals surface area contributed by atoms with E-state index in [4.69, 9.17) is 0 Å². The molecule has 2 aliphatic carbocycles. The van der Waals surface area contributed by atoms with Gasteiger partial charge in [-0.05, 0) is 30.4 Å². The van der Waals surface area contributed by atoms with Crippen molar-refractivity contribution in [2.24, 2.45) is 11.8 Å². The predicted molar refractivity (Wildman–Crippen MR) is 99.9 cm³/mol. The Bertz CT molecular complexity index is 882. The zero-order valence-corrected chi connectivity index (χ0v) is 16.3. The second-order valence-electron chi connectivity index (χ2n) is 7.01. The number of carbonyl (C=O) groups excluding carboxylic acids is 1. The Morgan fingerprint density at radius 2 is 2.08 bits per heavy atom. The van der Waals surface area contributed by atoms with Gasteiger partial charge in [0.1, 0.15) is 4.21 Å². The first-order chi connectivity index (χ1) is 11.9. The number of thiazole rings is 1. The number of sulfone groups is 1. The van der Waals surface area contributed by atoms with Crippen LogP contribution in [0.2, 0.25) is 0 Å². The molecule has 0 unspecified atom stereocenters. The van der Waals surface area contributed by atoms with Crippen molar-refractivity contribution in [3.8, 4) is 0 Å². The molecule has 2 heterocycles. The Kier molecular flexibility index (Phi) is 4.24. The number of hydrogen-bond donors (Lipinski definition) is 1. The molecule has 2 atom stereocenters. The summed E-state index contributed by atoms with van der Waals surface area (Å²) in [6.45, 7) is 0. The molecule has 0 radical (unpaired) electrons. The SMILES string of the molecule is CS(=O)(=O)c1ccc([C@@]2(C(=O)Nc3nccs3)C[C@H]2C2CCCC2)s1. The van der Waals surface area contributed by atoms with Gasteiger partial charge in [0.05, 0.1) is 5.41 Å². The van der Waals surface area contributed by atoms with E-state index in [0.29, 0.717) is 21.2 Å². The Labute approximate surface area is 155 Å². The number of rotatable bonds is 5. The third kappa shape index (κ3) is 3.04. The average molecular weight is 397 g/mol. The van der Waals surface area contributed by atoms with Crippen molar-refractivity contribution in [1.82, 2.24) is 4.98 Å². The second kappa shape index (κ2) is 6.17. The van der Waals surface area contributed by atoms with Gasteiger partial charge in [-0.3, -0.25) is 4.79 Å². The number of nitrogens with one attached hydrogen (secondary N) is 1. The molecule has 2 saturated carbocycles. The maximum atomic E-state index is 13.1. The molecule has 2 aromatic rings. The average Bonchev–Trinajstić information content (AvgIpc) is 3.10. The summed E-state index contributed by atoms with van der Waals surface area (Å²) in [6.07, 6.45) is 8.48. The highest BCUT2D eigenvalue weighted by Gasteiger charge is 2.64. The van der Waals surface area contributed by atoms with Crippen LogP contribution in [-0.4, -0.2) is 25.6 Å². The molecule has 2 aliphatic rings. The van der Waals surface area contributed by atoms with Crippen LogP contribution in [0.4, 0.5) is 5.13 Å². The molecule has 5 nitrogen and oxygen atoms in total. The summed E-state index contributed by atoms with van der Waals surface area (Å²) in [6, 6.07) is 3.47. The van der Waals surface area contributed by atoms with Crippen molar-refractivity contribution < 1.29 is 13.2 Å². The summed E-state index contributed by atoms with van der Waals surface area (Å²) < 4.78 is 24.1. The van der Waals surface area contributed by atoms with Gasteiger partial charge in [0.25, 0.3) is 0 Å². The van der Waals surface area contributed by atoms with Gasteiger partial charge in [-0.15, -0.1) is 22.7 Å². The van der Waals surface area contributed by atoms with Gasteiger partial charge < -0.3 is 5.32 Å². The van der Waals surface area contributed by atoms with Crippen LogP contribution < -0.4 is 5.32 Å². The fourth-order valence-corrected chi connectivity index (χ4v) is 6.84. The van der Waals surface area contributed by atoms with E-state index in [0.717, 1.165) is 11.3 Å². The number of nitrogens with zero attached hydrogens (tertiary/aromatic N) is 1. The first kappa shape index (κ1) is 17.2. The van der Waals surface area contributed by atoms with Crippen LogP contribution >= 0.6 is 22.7 Å². The van der Waals surface area contributed by atoms with Crippen LogP contribution in [0.3, 0.4) is 0 Å². The number of anilines is 1. The lowest BCUT2D eigenvalue weighted by atomic mass is 9.91. The number of hydrogen-bond acceptors (Lipinski definition) is 6. The summed E-state index contributed by atoms with van der Waals surface area (Å²) in [5, 5.41) is 5.38. The Morgan fingerprint density at radius 3 is 2.68 bits per heavy atom. The highest BCUT2D eigenvalue weighted by atomic mass is 32.2. The quantitative estimate of drug-likeness (QED) is 0.836. The summed E-state index contributed by atoms with van der Waals surface area (Å²) in [4.78, 5) is 18.2. The smallest absolute Gasteiger partial charge is 0.237 e. The minimum absolute atomic E-state index is 0.0405. The van der Waals surface area contributed by atoms with Gasteiger partial charge >= 0.3 is 0 Å². The van der Waals surface area contributed by atoms with E-state index in [1.165, 1.54) is 54.6 Å². The molecular formula is C17H20N2O3S3. The summed E-state index contributed by atoms with van der Waals surface area (Å²) in [5.74, 6) is 0.827. The fraction of sp³-hybridized carbons (Fsp3) is 0.529. The maximum absolute atomic E-state index is 13.1. The second-order valence-corrected chi connectivity index (χ2v) is 11.2. The molecule has 0 aromatic carbocycles. The zero-order valence-electron chi connectivity index (χ0n) is 13.9. The first-order valence-electron chi connectivity index (χ1n) is 8.42. The van der Waals surface area contributed by atoms with Crippen molar-refractivity contribution in [3.63, 3.8) is 0 Å². The van der Waals surface area contributed by atoms with Gasteiger partial charge in [0, 0.05) is 22.7 Å². The third-order valence-electron chi connectivity index (χ3n) is 5.43. The van der Waals surface area contributed by atoms with Crippen LogP contribution in [0.5, 0.6) is 0 Å². The lowest BCUT2D eigenvalue weighted by molar-refractivity contribution is -0.119. The molecule has 4 rings (SSSR count). The van der Waals surface area contributed by atoms with E-state index in [1.54, 1.807) is 12.3 Å². The molecule has 8 heteroatoms. The summed E-state index contributed by atoms with van der Waals surface area (Å²) in [7, 11) is -3.25. The van der Waals surface area contributed by atoms with E-state index in [9.17, 15) is 13.2 Å². The minimum Gasteiger partial charge on any atom is -0.301 e. The predicted octanol–water partition coefficient (Wildman–Crippen LogP) is 3.69. The van der Waals surface area contributed by atoms with Crippen LogP contribution in [0.15, 0.2) is 27.9 Å². The molecule has 0 saturated heterocycles. The van der Waals surface area contributed by atoms with Gasteiger partial charge in [0.2, 0.25) is 5.91 Å². The van der Waals surface area contributed by atoms with Crippen molar-refractivity contribution in [2.75, 3.05) is 11.6 Å². The molecule has 0 aliphatic heterocycles. The molecule has 0 bridgehead atoms. The van der Waals surface area contributed by atoms with Crippen LogP contribution in [0.25, 0.3) is 0 Å². The monoisotopic (exact) mass is 396 g/mol. The molecule has 0 spiro atoms. The number of amides is 1. The fourth-order valence-electron chi connectivity index (χ4n) is 4.13. The van der Waals surface area contributed by atoms with E-state index in [1.807, 2.05) is 11.4 Å². The minimum atomic E-state index is -3.25. The number of carbonyl (C=O) groups is 1. The third-order valence-corrected chi connectivity index (χ3v) is 9.20. The summed E-state index contributed by atoms with van der Waals surface area (Å²) >= 11 is 2.64. The number of aromatic nitrogens is 1. The first-order valence-corrected chi connectivity index (χ1v) is 12.0. The lowest BCUT2D eigenvalue weighted by Gasteiger charge is -2.18. The van der Waals surface area contributed by atoms with Crippen molar-refractivity contribution in [1.29, 1.82) is 0 Å². The van der Waals surface area contributed by atoms with Crippen molar-refractivity contribution in [3.05, 3.63) is 28.6 Å². The lowest BCUT2D eigenvalue weighted by Crippen LogP contribution is -2.30. The van der Waals surface area contributed by atoms with Gasteiger partial charge in [-0.1, -0.05) is 25.7 Å². The maximum Gasteiger partial charge on any atom is 0.237 e. The molecule has 2 fully saturated rings. The molecule has 1 N–H and O–H groups in total. The van der Waals surface area contributed by atoms with Gasteiger partial charge in [-0.2, -0.15) is 0 Å². The van der Waals surface area contributed by atoms with Crippen molar-refractivity contribution >= 4 is 43.5 Å². The van der Waals surface area contributed by atoms with Crippen LogP contribution in [-0.2, 0) is 20.0 Å². The molecule has 1 amide bonds. The zero-order chi connectivity index (χ0) is 17.7. The number of thiophene rings is 1. The molecule has 25 heavy (non-hydrogen) atoms. The van der Waals surface area contributed by atoms with Gasteiger partial charge in [-0.25, -0.2) is 13.4 Å². The Hall–Kier alpha value is -1.25. The highest BCUT2D eigenvalue weighted by molar-refractivity contribution is 7.92. The molecular weight excluding hydrogens is 376 g/mol. The van der Waals surface area contributed by atoms with E-state index in [2.05, 4.69) is 10.3 Å². The molecule has 134 valence electrons. The van der Waals surface area contributed by atoms with E-state index >= 15 is 0 Å². The van der Waals surface area contributed by atoms with Crippen molar-refractivity contribution in [2.45, 2.75) is 41.7 Å². The van der Waals surface area contributed by atoms with Gasteiger partial charge in [0.15, 0.2) is 15.0 Å². The summed E-state index contributed by atoms with van der Waals surface area (Å²) in [5.41, 5.74) is -0.589. The Morgan fingerprint density at radius 1 is 1.32 bits per heavy atom. The molecule has 2 aromatic heterocycles. The van der Waals surface area contributed by atoms with Crippen LogP contribution in [0.1, 0.15) is 37.0 Å². The Balaban J connectivity index is 1.67. The normalized spacial score (nSPS) is 26.7. The van der Waals surface area contributed by atoms with E-state index in [-0.39, 0.29) is 5.91 Å². The van der Waals surface area contributed by atoms with E-state index < -0.39 is 15.3 Å². The van der Waals surface area contributed by atoms with Crippen LogP contribution in [0, 0.1) is 11.8 Å². The highest BCUT2D eigenvalue weighted by Crippen LogP contribution is 2.62. The topological polar surface area (TPSA) is 76.1 Å².